The van der Waals surface area contributed by atoms with Gasteiger partial charge < -0.3 is 9.84 Å². The van der Waals surface area contributed by atoms with Gasteiger partial charge >= 0.3 is 5.97 Å². The Morgan fingerprint density at radius 1 is 1.58 bits per heavy atom. The minimum absolute atomic E-state index is 0.371. The zero-order valence-corrected chi connectivity index (χ0v) is 11.0. The molecule has 1 aromatic rings. The lowest BCUT2D eigenvalue weighted by Crippen LogP contribution is -2.45. The number of hydrogen-bond acceptors (Lipinski definition) is 6. The molecule has 106 valence electrons. The van der Waals surface area contributed by atoms with E-state index in [0.717, 1.165) is 25.2 Å². The van der Waals surface area contributed by atoms with Crippen LogP contribution in [0, 0.1) is 0 Å². The number of aryl methyl sites for hydroxylation is 1. The lowest BCUT2D eigenvalue weighted by molar-refractivity contribution is -0.156. The number of tetrazole rings is 1. The predicted octanol–water partition coefficient (Wildman–Crippen LogP) is -0.241. The van der Waals surface area contributed by atoms with E-state index >= 15 is 0 Å². The number of morpholine rings is 1. The summed E-state index contributed by atoms with van der Waals surface area (Å²) in [5, 5.41) is 20.6. The van der Waals surface area contributed by atoms with Crippen LogP contribution in [-0.2, 0) is 22.6 Å². The van der Waals surface area contributed by atoms with Crippen molar-refractivity contribution in [2.75, 3.05) is 19.7 Å². The molecular formula is C11H19N5O3. The smallest absolute Gasteiger partial charge is 0.334 e. The molecular weight excluding hydrogens is 250 g/mol. The number of carbonyl (C=O) groups is 1. The number of carboxylic acids is 1. The molecule has 1 aliphatic heterocycles. The standard InChI is InChI=1S/C11H19N5O3/c1-2-3-4-16-10(12-13-14-16)8-15-5-6-19-9(7-15)11(17)18/h9H,2-8H2,1H3,(H,17,18). The summed E-state index contributed by atoms with van der Waals surface area (Å²) in [5.74, 6) is -0.144. The quantitative estimate of drug-likeness (QED) is 0.761. The van der Waals surface area contributed by atoms with Crippen LogP contribution in [-0.4, -0.2) is 62.0 Å². The van der Waals surface area contributed by atoms with Crippen LogP contribution in [0.5, 0.6) is 0 Å². The number of aromatic nitrogens is 4. The number of carboxylic acid groups (broad SMARTS) is 1. The average Bonchev–Trinajstić information content (AvgIpc) is 2.84. The molecule has 1 unspecified atom stereocenters. The highest BCUT2D eigenvalue weighted by Crippen LogP contribution is 2.09. The molecule has 1 atom stereocenters. The number of hydrogen-bond donors (Lipinski definition) is 1. The van der Waals surface area contributed by atoms with Gasteiger partial charge in [0.2, 0.25) is 0 Å². The van der Waals surface area contributed by atoms with E-state index in [9.17, 15) is 4.79 Å². The zero-order chi connectivity index (χ0) is 13.7. The van der Waals surface area contributed by atoms with Crippen LogP contribution in [0.1, 0.15) is 25.6 Å². The maximum absolute atomic E-state index is 10.9. The Kier molecular flexibility index (Phi) is 4.80. The molecule has 0 aliphatic carbocycles. The van der Waals surface area contributed by atoms with Crippen molar-refractivity contribution in [2.24, 2.45) is 0 Å². The summed E-state index contributed by atoms with van der Waals surface area (Å²) >= 11 is 0. The summed E-state index contributed by atoms with van der Waals surface area (Å²) in [6.45, 7) is 4.97. The maximum atomic E-state index is 10.9. The van der Waals surface area contributed by atoms with Gasteiger partial charge in [0, 0.05) is 19.6 Å². The van der Waals surface area contributed by atoms with Crippen LogP contribution in [0.15, 0.2) is 0 Å². The first kappa shape index (κ1) is 13.9. The Morgan fingerprint density at radius 3 is 3.16 bits per heavy atom. The van der Waals surface area contributed by atoms with E-state index < -0.39 is 12.1 Å². The highest BCUT2D eigenvalue weighted by Gasteiger charge is 2.27. The van der Waals surface area contributed by atoms with E-state index in [-0.39, 0.29) is 0 Å². The number of unbranched alkanes of at least 4 members (excludes halogenated alkanes) is 1. The summed E-state index contributed by atoms with van der Waals surface area (Å²) in [4.78, 5) is 12.9. The Hall–Kier alpha value is -1.54. The van der Waals surface area contributed by atoms with Crippen molar-refractivity contribution in [3.05, 3.63) is 5.82 Å². The second-order valence-electron chi connectivity index (χ2n) is 4.60. The van der Waals surface area contributed by atoms with E-state index in [1.165, 1.54) is 0 Å². The van der Waals surface area contributed by atoms with Crippen LogP contribution in [0.25, 0.3) is 0 Å². The van der Waals surface area contributed by atoms with Gasteiger partial charge in [0.25, 0.3) is 0 Å². The molecule has 1 fully saturated rings. The highest BCUT2D eigenvalue weighted by molar-refractivity contribution is 5.72. The molecule has 0 amide bonds. The highest BCUT2D eigenvalue weighted by atomic mass is 16.5. The number of nitrogens with zero attached hydrogens (tertiary/aromatic N) is 5. The normalized spacial score (nSPS) is 20.6. The van der Waals surface area contributed by atoms with Crippen LogP contribution >= 0.6 is 0 Å². The number of rotatable bonds is 6. The van der Waals surface area contributed by atoms with E-state index in [1.807, 2.05) is 4.90 Å². The minimum atomic E-state index is -0.921. The van der Waals surface area contributed by atoms with E-state index in [0.29, 0.717) is 26.2 Å². The fourth-order valence-corrected chi connectivity index (χ4v) is 2.01. The van der Waals surface area contributed by atoms with E-state index in [4.69, 9.17) is 9.84 Å². The largest absolute Gasteiger partial charge is 0.479 e. The van der Waals surface area contributed by atoms with Gasteiger partial charge in [0.1, 0.15) is 0 Å². The third kappa shape index (κ3) is 3.71. The fourth-order valence-electron chi connectivity index (χ4n) is 2.01. The molecule has 1 aliphatic rings. The van der Waals surface area contributed by atoms with Crippen LogP contribution in [0.4, 0.5) is 0 Å². The minimum Gasteiger partial charge on any atom is -0.479 e. The molecule has 1 aromatic heterocycles. The molecule has 0 bridgehead atoms. The van der Waals surface area contributed by atoms with E-state index in [1.54, 1.807) is 4.68 Å². The first-order valence-corrected chi connectivity index (χ1v) is 6.52. The molecule has 8 nitrogen and oxygen atoms in total. The van der Waals surface area contributed by atoms with Crippen molar-refractivity contribution in [3.63, 3.8) is 0 Å². The second-order valence-corrected chi connectivity index (χ2v) is 4.60. The molecule has 8 heteroatoms. The van der Waals surface area contributed by atoms with Gasteiger partial charge in [-0.25, -0.2) is 9.48 Å². The van der Waals surface area contributed by atoms with Crippen LogP contribution in [0.2, 0.25) is 0 Å². The molecule has 2 rings (SSSR count). The monoisotopic (exact) mass is 269 g/mol. The summed E-state index contributed by atoms with van der Waals surface area (Å²) in [6, 6.07) is 0. The first-order valence-electron chi connectivity index (χ1n) is 6.52. The van der Waals surface area contributed by atoms with Gasteiger partial charge in [-0.3, -0.25) is 4.90 Å². The summed E-state index contributed by atoms with van der Waals surface area (Å²) in [5.41, 5.74) is 0. The van der Waals surface area contributed by atoms with Crippen LogP contribution < -0.4 is 0 Å². The predicted molar refractivity (Wildman–Crippen MR) is 65.4 cm³/mol. The van der Waals surface area contributed by atoms with Gasteiger partial charge in [-0.15, -0.1) is 5.10 Å². The third-order valence-corrected chi connectivity index (χ3v) is 3.12. The Labute approximate surface area is 111 Å². The number of ether oxygens (including phenoxy) is 1. The number of aliphatic carboxylic acids is 1. The summed E-state index contributed by atoms with van der Waals surface area (Å²) in [7, 11) is 0. The molecule has 0 aromatic carbocycles. The van der Waals surface area contributed by atoms with Gasteiger partial charge in [-0.05, 0) is 16.8 Å². The SMILES string of the molecule is CCCCn1nnnc1CN1CCOC(C(=O)O)C1. The molecule has 0 radical (unpaired) electrons. The second kappa shape index (κ2) is 6.58. The van der Waals surface area contributed by atoms with Gasteiger partial charge in [0.05, 0.1) is 13.2 Å². The Bertz CT molecular complexity index is 422. The Balaban J connectivity index is 1.93. The molecule has 2 heterocycles. The Morgan fingerprint density at radius 2 is 2.42 bits per heavy atom. The van der Waals surface area contributed by atoms with Gasteiger partial charge in [-0.1, -0.05) is 13.3 Å². The molecule has 0 saturated carbocycles. The summed E-state index contributed by atoms with van der Waals surface area (Å²) in [6.07, 6.45) is 1.35. The lowest BCUT2D eigenvalue weighted by atomic mass is 10.2. The van der Waals surface area contributed by atoms with Crippen LogP contribution in [0.3, 0.4) is 0 Å². The molecule has 0 spiro atoms. The molecule has 1 saturated heterocycles. The van der Waals surface area contributed by atoms with Crippen molar-refractivity contribution in [1.82, 2.24) is 25.1 Å². The molecule has 1 N–H and O–H groups in total. The maximum Gasteiger partial charge on any atom is 0.334 e. The first-order chi connectivity index (χ1) is 9.20. The summed E-state index contributed by atoms with van der Waals surface area (Å²) < 4.78 is 6.97. The fraction of sp³-hybridized carbons (Fsp3) is 0.818. The van der Waals surface area contributed by atoms with Crippen molar-refractivity contribution >= 4 is 5.97 Å². The van der Waals surface area contributed by atoms with Crippen molar-refractivity contribution < 1.29 is 14.6 Å². The van der Waals surface area contributed by atoms with Gasteiger partial charge in [-0.2, -0.15) is 0 Å². The van der Waals surface area contributed by atoms with Crippen molar-refractivity contribution in [2.45, 2.75) is 39.0 Å². The van der Waals surface area contributed by atoms with Crippen molar-refractivity contribution in [3.8, 4) is 0 Å². The lowest BCUT2D eigenvalue weighted by Gasteiger charge is -2.30. The van der Waals surface area contributed by atoms with E-state index in [2.05, 4.69) is 22.4 Å². The topological polar surface area (TPSA) is 93.4 Å². The average molecular weight is 269 g/mol. The third-order valence-electron chi connectivity index (χ3n) is 3.12. The van der Waals surface area contributed by atoms with Gasteiger partial charge in [0.15, 0.2) is 11.9 Å². The van der Waals surface area contributed by atoms with Crippen molar-refractivity contribution in [1.29, 1.82) is 0 Å². The molecule has 19 heavy (non-hydrogen) atoms. The zero-order valence-electron chi connectivity index (χ0n) is 11.0.